The van der Waals surface area contributed by atoms with E-state index in [0.717, 1.165) is 0 Å². The van der Waals surface area contributed by atoms with Gasteiger partial charge in [0, 0.05) is 40.8 Å². The fourth-order valence-corrected chi connectivity index (χ4v) is 0. The summed E-state index contributed by atoms with van der Waals surface area (Å²) in [5.74, 6) is -3.65. The number of aliphatic carboxylic acids is 2. The summed E-state index contributed by atoms with van der Waals surface area (Å²) in [5, 5.41) is 14.8. The van der Waals surface area contributed by atoms with Gasteiger partial charge in [-0.15, -0.1) is 0 Å². The van der Waals surface area contributed by atoms with E-state index in [1.165, 1.54) is 0 Å². The Morgan fingerprint density at radius 1 is 1.00 bits per heavy atom. The van der Waals surface area contributed by atoms with Crippen molar-refractivity contribution in [3.8, 4) is 0 Å². The van der Waals surface area contributed by atoms with Crippen LogP contribution in [-0.2, 0) is 9.59 Å². The van der Waals surface area contributed by atoms with Crippen molar-refractivity contribution in [3.05, 3.63) is 0 Å². The fraction of sp³-hybridized carbons (Fsp3) is 0. The van der Waals surface area contributed by atoms with E-state index in [1.807, 2.05) is 0 Å². The van der Waals surface area contributed by atoms with E-state index >= 15 is 0 Å². The molecule has 4 N–H and O–H groups in total. The van der Waals surface area contributed by atoms with Crippen LogP contribution >= 0.6 is 0 Å². The van der Waals surface area contributed by atoms with E-state index in [2.05, 4.69) is 0 Å². The summed E-state index contributed by atoms with van der Waals surface area (Å²) in [4.78, 5) is 18.2. The van der Waals surface area contributed by atoms with Crippen molar-refractivity contribution in [2.45, 2.75) is 0 Å². The maximum Gasteiger partial charge on any atom is 0.414 e. The monoisotopic (exact) mass is 250 g/mol. The van der Waals surface area contributed by atoms with Crippen LogP contribution in [0.2, 0.25) is 0 Å². The van der Waals surface area contributed by atoms with Crippen LogP contribution in [0.5, 0.6) is 0 Å². The Bertz CT molecular complexity index is 76.4. The summed E-state index contributed by atoms with van der Waals surface area (Å²) in [6.45, 7) is 0. The molecule has 0 radical (unpaired) electrons. The summed E-state index contributed by atoms with van der Waals surface area (Å²) in [5.41, 5.74) is 0. The first-order valence-corrected chi connectivity index (χ1v) is 1.11. The Morgan fingerprint density at radius 3 is 1.12 bits per heavy atom. The maximum absolute atomic E-state index is 9.10. The molecule has 0 unspecified atom stereocenters. The van der Waals surface area contributed by atoms with Crippen molar-refractivity contribution in [2.24, 2.45) is 0 Å². The quantitative estimate of drug-likeness (QED) is 0.503. The van der Waals surface area contributed by atoms with Crippen LogP contribution in [0.25, 0.3) is 0 Å². The molecule has 0 aromatic heterocycles. The first-order chi connectivity index (χ1) is 2.64. The number of carboxylic acids is 2. The molecule has 0 spiro atoms. The second kappa shape index (κ2) is 7.25. The van der Waals surface area contributed by atoms with Crippen molar-refractivity contribution in [2.75, 3.05) is 0 Å². The number of rotatable bonds is 0. The van der Waals surface area contributed by atoms with E-state index in [1.54, 1.807) is 0 Å². The van der Waals surface area contributed by atoms with Gasteiger partial charge in [0.05, 0.1) is 0 Å². The standard InChI is InChI=1S/C2H2O4.Nd.H2O/c3-1(4)2(5)6;;/h(H,3,4)(H,5,6);;1H2. The second-order valence-electron chi connectivity index (χ2n) is 0.610. The third-order valence-corrected chi connectivity index (χ3v) is 0.183. The largest absolute Gasteiger partial charge is 0.473 e. The van der Waals surface area contributed by atoms with E-state index in [0.29, 0.717) is 0 Å². The maximum atomic E-state index is 9.10. The molecular formula is C2H4NdO5. The summed E-state index contributed by atoms with van der Waals surface area (Å²) in [7, 11) is 0. The molecule has 0 aliphatic carbocycles. The first-order valence-electron chi connectivity index (χ1n) is 1.11. The van der Waals surface area contributed by atoms with E-state index in [4.69, 9.17) is 19.8 Å². The Balaban J connectivity index is -0.000000125. The van der Waals surface area contributed by atoms with Gasteiger partial charge < -0.3 is 15.7 Å². The molecule has 46 valence electrons. The first kappa shape index (κ1) is 15.7. The van der Waals surface area contributed by atoms with Crippen LogP contribution < -0.4 is 0 Å². The third kappa shape index (κ3) is 9.54. The predicted molar refractivity (Wildman–Crippen MR) is 18.9 cm³/mol. The summed E-state index contributed by atoms with van der Waals surface area (Å²) in [6.07, 6.45) is 0. The minimum absolute atomic E-state index is 0. The zero-order chi connectivity index (χ0) is 5.15. The van der Waals surface area contributed by atoms with E-state index in [-0.39, 0.29) is 46.3 Å². The zero-order valence-corrected chi connectivity index (χ0v) is 6.92. The molecule has 0 aromatic carbocycles. The topological polar surface area (TPSA) is 106 Å². The third-order valence-electron chi connectivity index (χ3n) is 0.183. The van der Waals surface area contributed by atoms with Gasteiger partial charge in [0.1, 0.15) is 0 Å². The molecule has 0 fully saturated rings. The van der Waals surface area contributed by atoms with Gasteiger partial charge in [-0.1, -0.05) is 0 Å². The van der Waals surface area contributed by atoms with E-state index < -0.39 is 11.9 Å². The molecule has 0 aromatic rings. The Labute approximate surface area is 77.5 Å². The minimum Gasteiger partial charge on any atom is -0.473 e. The molecule has 6 heteroatoms. The second-order valence-corrected chi connectivity index (χ2v) is 0.610. The molecule has 0 aliphatic rings. The fourth-order valence-electron chi connectivity index (χ4n) is 0. The van der Waals surface area contributed by atoms with Crippen molar-refractivity contribution >= 4 is 11.9 Å². The van der Waals surface area contributed by atoms with Crippen LogP contribution in [0.15, 0.2) is 0 Å². The normalized spacial score (nSPS) is 5.50. The molecule has 5 nitrogen and oxygen atoms in total. The van der Waals surface area contributed by atoms with Crippen LogP contribution in [-0.4, -0.2) is 27.6 Å². The Morgan fingerprint density at radius 2 is 1.12 bits per heavy atom. The van der Waals surface area contributed by atoms with Crippen LogP contribution in [0.3, 0.4) is 0 Å². The smallest absolute Gasteiger partial charge is 0.414 e. The van der Waals surface area contributed by atoms with Crippen LogP contribution in [0.4, 0.5) is 0 Å². The average Bonchev–Trinajstić information content (AvgIpc) is 1.36. The SMILES string of the molecule is O.O=C(O)C(=O)O.[Nd]. The number of hydrogen-bond donors (Lipinski definition) is 2. The molecule has 0 saturated heterocycles. The van der Waals surface area contributed by atoms with Gasteiger partial charge in [-0.3, -0.25) is 0 Å². The van der Waals surface area contributed by atoms with Gasteiger partial charge in [-0.2, -0.15) is 0 Å². The van der Waals surface area contributed by atoms with Gasteiger partial charge in [-0.25, -0.2) is 9.59 Å². The zero-order valence-electron chi connectivity index (χ0n) is 3.71. The molecule has 0 heterocycles. The molecule has 0 saturated carbocycles. The molecule has 0 aliphatic heterocycles. The van der Waals surface area contributed by atoms with Gasteiger partial charge in [0.2, 0.25) is 0 Å². The molecule has 0 rings (SSSR count). The molecule has 0 amide bonds. The molecule has 0 atom stereocenters. The Hall–Kier alpha value is 0.251. The summed E-state index contributed by atoms with van der Waals surface area (Å²) >= 11 is 0. The minimum atomic E-state index is -1.82. The summed E-state index contributed by atoms with van der Waals surface area (Å²) < 4.78 is 0. The Kier molecular flexibility index (Phi) is 14.3. The predicted octanol–water partition coefficient (Wildman–Crippen LogP) is -1.67. The summed E-state index contributed by atoms with van der Waals surface area (Å²) in [6, 6.07) is 0. The average molecular weight is 252 g/mol. The number of carboxylic acid groups (broad SMARTS) is 2. The number of hydrogen-bond acceptors (Lipinski definition) is 2. The van der Waals surface area contributed by atoms with Crippen LogP contribution in [0, 0.1) is 40.8 Å². The van der Waals surface area contributed by atoms with Crippen molar-refractivity contribution in [1.29, 1.82) is 0 Å². The van der Waals surface area contributed by atoms with Gasteiger partial charge >= 0.3 is 11.9 Å². The number of carbonyl (C=O) groups is 2. The molecule has 8 heavy (non-hydrogen) atoms. The van der Waals surface area contributed by atoms with Crippen molar-refractivity contribution in [3.63, 3.8) is 0 Å². The van der Waals surface area contributed by atoms with Crippen molar-refractivity contribution < 1.29 is 66.1 Å². The molecule has 0 bridgehead atoms. The van der Waals surface area contributed by atoms with Gasteiger partial charge in [-0.05, 0) is 0 Å². The van der Waals surface area contributed by atoms with Gasteiger partial charge in [0.25, 0.3) is 0 Å². The van der Waals surface area contributed by atoms with Crippen molar-refractivity contribution in [1.82, 2.24) is 0 Å². The van der Waals surface area contributed by atoms with E-state index in [9.17, 15) is 0 Å². The van der Waals surface area contributed by atoms with Gasteiger partial charge in [0.15, 0.2) is 0 Å². The van der Waals surface area contributed by atoms with Crippen LogP contribution in [0.1, 0.15) is 0 Å². The molecular weight excluding hydrogens is 248 g/mol.